The van der Waals surface area contributed by atoms with Crippen molar-refractivity contribution in [1.82, 2.24) is 0 Å². The van der Waals surface area contributed by atoms with E-state index in [4.69, 9.17) is 0 Å². The molecule has 5 aliphatic carbocycles. The predicted octanol–water partition coefficient (Wildman–Crippen LogP) is 17.1. The van der Waals surface area contributed by atoms with Crippen LogP contribution in [0.5, 0.6) is 0 Å². The molecule has 1 heteroatoms. The maximum atomic E-state index is 2.56. The lowest BCUT2D eigenvalue weighted by atomic mass is 9.51. The van der Waals surface area contributed by atoms with E-state index in [1.165, 1.54) is 105 Å². The fourth-order valence-corrected chi connectivity index (χ4v) is 13.7. The molecule has 318 valence electrons. The van der Waals surface area contributed by atoms with Gasteiger partial charge in [-0.3, -0.25) is 0 Å². The molecule has 0 amide bonds. The lowest BCUT2D eigenvalue weighted by Gasteiger charge is -2.54. The first-order valence-electron chi connectivity index (χ1n) is 24.3. The number of hydrogen-bond acceptors (Lipinski definition) is 1. The van der Waals surface area contributed by atoms with Crippen LogP contribution in [-0.4, -0.2) is 0 Å². The number of rotatable bonds is 9. The van der Waals surface area contributed by atoms with Gasteiger partial charge < -0.3 is 4.90 Å². The Bertz CT molecular complexity index is 3120. The van der Waals surface area contributed by atoms with E-state index in [1.54, 1.807) is 5.56 Å². The molecular formula is C65H53N. The van der Waals surface area contributed by atoms with Crippen LogP contribution in [0, 0.1) is 23.7 Å². The van der Waals surface area contributed by atoms with Gasteiger partial charge in [0, 0.05) is 16.9 Å². The largest absolute Gasteiger partial charge is 0.310 e. The second kappa shape index (κ2) is 16.0. The lowest BCUT2D eigenvalue weighted by Crippen LogP contribution is -2.43. The van der Waals surface area contributed by atoms with Crippen LogP contribution in [0.2, 0.25) is 0 Å². The molecule has 9 aromatic rings. The standard InChI is InChI=1S/C65H53N/c1-5-18-46(19-6-1)55-26-13-14-27-57(55)58-28-15-16-31-62(58)66(53-34-32-48(33-35-53)63-49-39-44-38-45(41-49)42-50(63)40-44)54-36-37-59-61(43-54)65(51-22-9-3-10-23-51,52-24-11-4-12-25-52)60-30-17-29-56(64(59)60)47-20-7-2-8-21-47/h1-37,43-45,49-50,63H,38-42H2. The van der Waals surface area contributed by atoms with Crippen molar-refractivity contribution in [3.8, 4) is 44.5 Å². The van der Waals surface area contributed by atoms with E-state index < -0.39 is 5.41 Å². The number of hydrogen-bond donors (Lipinski definition) is 0. The summed E-state index contributed by atoms with van der Waals surface area (Å²) in [6.45, 7) is 0. The van der Waals surface area contributed by atoms with E-state index in [0.717, 1.165) is 35.0 Å². The third-order valence-corrected chi connectivity index (χ3v) is 16.1. The first kappa shape index (κ1) is 39.2. The fraction of sp³-hybridized carbons (Fsp3) is 0.169. The molecule has 5 aliphatic rings. The third kappa shape index (κ3) is 6.28. The van der Waals surface area contributed by atoms with Crippen LogP contribution in [0.1, 0.15) is 65.8 Å². The summed E-state index contributed by atoms with van der Waals surface area (Å²) in [5.41, 5.74) is 19.6. The zero-order chi connectivity index (χ0) is 43.6. The van der Waals surface area contributed by atoms with Gasteiger partial charge in [-0.1, -0.05) is 200 Å². The Morgan fingerprint density at radius 3 is 1.47 bits per heavy atom. The van der Waals surface area contributed by atoms with Crippen molar-refractivity contribution in [3.63, 3.8) is 0 Å². The molecule has 66 heavy (non-hydrogen) atoms. The van der Waals surface area contributed by atoms with Gasteiger partial charge in [-0.05, 0) is 159 Å². The van der Waals surface area contributed by atoms with Crippen molar-refractivity contribution < 1.29 is 0 Å². The Morgan fingerprint density at radius 2 is 0.848 bits per heavy atom. The number of benzene rings is 9. The summed E-state index contributed by atoms with van der Waals surface area (Å²) in [6.07, 6.45) is 7.18. The molecule has 9 aromatic carbocycles. The van der Waals surface area contributed by atoms with Crippen molar-refractivity contribution in [2.75, 3.05) is 4.90 Å². The molecule has 0 saturated heterocycles. The highest BCUT2D eigenvalue weighted by molar-refractivity contribution is 5.98. The molecule has 0 spiro atoms. The Hall–Kier alpha value is -7.22. The number of para-hydroxylation sites is 1. The molecule has 4 fully saturated rings. The summed E-state index contributed by atoms with van der Waals surface area (Å²) in [7, 11) is 0. The smallest absolute Gasteiger partial charge is 0.0714 e. The van der Waals surface area contributed by atoms with Crippen LogP contribution in [0.15, 0.2) is 231 Å². The molecule has 0 radical (unpaired) electrons. The van der Waals surface area contributed by atoms with Crippen LogP contribution in [0.3, 0.4) is 0 Å². The Kier molecular flexibility index (Phi) is 9.52. The number of nitrogens with zero attached hydrogens (tertiary/aromatic N) is 1. The van der Waals surface area contributed by atoms with Crippen LogP contribution in [0.4, 0.5) is 17.1 Å². The molecule has 14 rings (SSSR count). The van der Waals surface area contributed by atoms with Gasteiger partial charge in [0.2, 0.25) is 0 Å². The highest BCUT2D eigenvalue weighted by Gasteiger charge is 2.49. The van der Waals surface area contributed by atoms with Gasteiger partial charge in [0.1, 0.15) is 0 Å². The van der Waals surface area contributed by atoms with Crippen molar-refractivity contribution >= 4 is 17.1 Å². The van der Waals surface area contributed by atoms with Gasteiger partial charge in [-0.15, -0.1) is 0 Å². The summed E-state index contributed by atoms with van der Waals surface area (Å²) in [5.74, 6) is 4.27. The third-order valence-electron chi connectivity index (χ3n) is 16.1. The minimum Gasteiger partial charge on any atom is -0.310 e. The Morgan fingerprint density at radius 1 is 0.348 bits per heavy atom. The van der Waals surface area contributed by atoms with Crippen LogP contribution < -0.4 is 4.90 Å². The SMILES string of the molecule is c1ccc(-c2ccccc2-c2ccccc2N(c2ccc(C3C4CC5CC(C4)CC3C5)cc2)c2ccc3c(c2)C(c2ccccc2)(c2ccccc2)c2cccc(-c4ccccc4)c2-3)cc1. The average molecular weight is 848 g/mol. The molecule has 1 nitrogen and oxygen atoms in total. The summed E-state index contributed by atoms with van der Waals surface area (Å²) in [6, 6.07) is 86.5. The maximum absolute atomic E-state index is 2.56. The average Bonchev–Trinajstić information content (AvgIpc) is 3.68. The van der Waals surface area contributed by atoms with Gasteiger partial charge in [-0.2, -0.15) is 0 Å². The van der Waals surface area contributed by atoms with E-state index >= 15 is 0 Å². The normalized spacial score (nSPS) is 20.7. The van der Waals surface area contributed by atoms with E-state index in [2.05, 4.69) is 235 Å². The van der Waals surface area contributed by atoms with E-state index in [0.29, 0.717) is 5.92 Å². The lowest BCUT2D eigenvalue weighted by molar-refractivity contribution is -0.00277. The van der Waals surface area contributed by atoms with Crippen molar-refractivity contribution in [2.24, 2.45) is 23.7 Å². The van der Waals surface area contributed by atoms with Crippen LogP contribution >= 0.6 is 0 Å². The molecule has 4 bridgehead atoms. The van der Waals surface area contributed by atoms with Gasteiger partial charge in [0.25, 0.3) is 0 Å². The summed E-state index contributed by atoms with van der Waals surface area (Å²) in [4.78, 5) is 2.56. The monoisotopic (exact) mass is 847 g/mol. The predicted molar refractivity (Wildman–Crippen MR) is 275 cm³/mol. The van der Waals surface area contributed by atoms with Gasteiger partial charge >= 0.3 is 0 Å². The summed E-state index contributed by atoms with van der Waals surface area (Å²) < 4.78 is 0. The van der Waals surface area contributed by atoms with E-state index in [-0.39, 0.29) is 0 Å². The Labute approximate surface area is 390 Å². The molecule has 0 aliphatic heterocycles. The zero-order valence-corrected chi connectivity index (χ0v) is 37.3. The van der Waals surface area contributed by atoms with Crippen molar-refractivity contribution in [2.45, 2.75) is 43.4 Å². The second-order valence-electron chi connectivity index (χ2n) is 19.6. The molecule has 0 N–H and O–H groups in total. The second-order valence-corrected chi connectivity index (χ2v) is 19.6. The first-order chi connectivity index (χ1) is 32.7. The van der Waals surface area contributed by atoms with Gasteiger partial charge in [0.05, 0.1) is 11.1 Å². The molecular weight excluding hydrogens is 795 g/mol. The number of anilines is 3. The van der Waals surface area contributed by atoms with Crippen LogP contribution in [-0.2, 0) is 5.41 Å². The van der Waals surface area contributed by atoms with E-state index in [9.17, 15) is 0 Å². The van der Waals surface area contributed by atoms with E-state index in [1.807, 2.05) is 0 Å². The van der Waals surface area contributed by atoms with Gasteiger partial charge in [-0.25, -0.2) is 0 Å². The summed E-state index contributed by atoms with van der Waals surface area (Å²) >= 11 is 0. The summed E-state index contributed by atoms with van der Waals surface area (Å²) in [5, 5.41) is 0. The fourth-order valence-electron chi connectivity index (χ4n) is 13.7. The Balaban J connectivity index is 1.05. The highest BCUT2D eigenvalue weighted by Crippen LogP contribution is 2.61. The first-order valence-corrected chi connectivity index (χ1v) is 24.3. The van der Waals surface area contributed by atoms with Crippen molar-refractivity contribution in [1.29, 1.82) is 0 Å². The molecule has 0 aromatic heterocycles. The number of fused-ring (bicyclic) bond motifs is 3. The molecule has 0 heterocycles. The minimum atomic E-state index is -0.567. The quantitative estimate of drug-likeness (QED) is 0.140. The van der Waals surface area contributed by atoms with Crippen LogP contribution in [0.25, 0.3) is 44.5 Å². The molecule has 0 unspecified atom stereocenters. The highest BCUT2D eigenvalue weighted by atomic mass is 15.1. The minimum absolute atomic E-state index is 0.567. The molecule has 4 saturated carbocycles. The topological polar surface area (TPSA) is 3.24 Å². The maximum Gasteiger partial charge on any atom is 0.0714 e. The van der Waals surface area contributed by atoms with Crippen molar-refractivity contribution in [3.05, 3.63) is 258 Å². The van der Waals surface area contributed by atoms with Gasteiger partial charge in [0.15, 0.2) is 0 Å². The molecule has 0 atom stereocenters. The zero-order valence-electron chi connectivity index (χ0n) is 37.3.